The van der Waals surface area contributed by atoms with Crippen molar-refractivity contribution in [2.45, 2.75) is 44.6 Å². The summed E-state index contributed by atoms with van der Waals surface area (Å²) in [5.74, 6) is 1.65. The van der Waals surface area contributed by atoms with Crippen LogP contribution >= 0.6 is 0 Å². The van der Waals surface area contributed by atoms with Gasteiger partial charge in [-0.1, -0.05) is 19.8 Å². The van der Waals surface area contributed by atoms with E-state index >= 15 is 0 Å². The minimum Gasteiger partial charge on any atom is -0.379 e. The Morgan fingerprint density at radius 1 is 1.23 bits per heavy atom. The maximum Gasteiger partial charge on any atom is 0.0649 e. The van der Waals surface area contributed by atoms with Gasteiger partial charge < -0.3 is 10.5 Å². The van der Waals surface area contributed by atoms with E-state index < -0.39 is 0 Å². The van der Waals surface area contributed by atoms with Crippen LogP contribution in [0, 0.1) is 11.8 Å². The van der Waals surface area contributed by atoms with Crippen molar-refractivity contribution in [1.29, 1.82) is 0 Å². The molecule has 0 bridgehead atoms. The minimum absolute atomic E-state index is 0.0279. The van der Waals surface area contributed by atoms with Crippen LogP contribution in [0.15, 0.2) is 0 Å². The lowest BCUT2D eigenvalue weighted by atomic mass is 9.72. The van der Waals surface area contributed by atoms with Gasteiger partial charge in [0.15, 0.2) is 0 Å². The molecular formula is C11H21NO. The van der Waals surface area contributed by atoms with Gasteiger partial charge in [-0.05, 0) is 31.1 Å². The molecule has 0 radical (unpaired) electrons. The maximum absolute atomic E-state index is 6.35. The average Bonchev–Trinajstić information content (AvgIpc) is 2.54. The topological polar surface area (TPSA) is 35.2 Å². The Morgan fingerprint density at radius 2 is 1.92 bits per heavy atom. The first-order chi connectivity index (χ1) is 6.21. The number of hydrogen-bond donors (Lipinski definition) is 1. The van der Waals surface area contributed by atoms with Gasteiger partial charge in [-0.3, -0.25) is 0 Å². The van der Waals surface area contributed by atoms with Crippen LogP contribution in [0.2, 0.25) is 0 Å². The summed E-state index contributed by atoms with van der Waals surface area (Å²) in [4.78, 5) is 0. The Labute approximate surface area is 80.8 Å². The number of nitrogens with two attached hydrogens (primary N) is 1. The largest absolute Gasteiger partial charge is 0.379 e. The molecular weight excluding hydrogens is 162 g/mol. The van der Waals surface area contributed by atoms with Crippen molar-refractivity contribution in [3.8, 4) is 0 Å². The zero-order valence-corrected chi connectivity index (χ0v) is 8.59. The highest BCUT2D eigenvalue weighted by molar-refractivity contribution is 4.95. The van der Waals surface area contributed by atoms with Gasteiger partial charge in [0.2, 0.25) is 0 Å². The number of ether oxygens (including phenoxy) is 1. The predicted molar refractivity (Wildman–Crippen MR) is 53.5 cm³/mol. The Morgan fingerprint density at radius 3 is 2.46 bits per heavy atom. The van der Waals surface area contributed by atoms with E-state index in [1.165, 1.54) is 25.7 Å². The highest BCUT2D eigenvalue weighted by Crippen LogP contribution is 2.37. The first-order valence-electron chi connectivity index (χ1n) is 5.57. The van der Waals surface area contributed by atoms with Crippen molar-refractivity contribution in [2.24, 2.45) is 17.6 Å². The molecule has 1 heterocycles. The molecule has 0 aromatic heterocycles. The van der Waals surface area contributed by atoms with Crippen molar-refractivity contribution in [3.05, 3.63) is 0 Å². The van der Waals surface area contributed by atoms with Gasteiger partial charge in [-0.2, -0.15) is 0 Å². The van der Waals surface area contributed by atoms with E-state index in [2.05, 4.69) is 6.92 Å². The molecule has 0 aromatic rings. The smallest absolute Gasteiger partial charge is 0.0649 e. The molecule has 1 aliphatic heterocycles. The van der Waals surface area contributed by atoms with Crippen LogP contribution in [0.5, 0.6) is 0 Å². The van der Waals surface area contributed by atoms with E-state index in [0.29, 0.717) is 0 Å². The molecule has 2 nitrogen and oxygen atoms in total. The van der Waals surface area contributed by atoms with E-state index in [0.717, 1.165) is 31.5 Å². The van der Waals surface area contributed by atoms with Gasteiger partial charge >= 0.3 is 0 Å². The second kappa shape index (κ2) is 3.58. The molecule has 76 valence electrons. The van der Waals surface area contributed by atoms with E-state index in [-0.39, 0.29) is 5.54 Å². The normalized spacial score (nSPS) is 46.6. The van der Waals surface area contributed by atoms with Crippen LogP contribution in [0.3, 0.4) is 0 Å². The van der Waals surface area contributed by atoms with E-state index in [9.17, 15) is 0 Å². The first-order valence-corrected chi connectivity index (χ1v) is 5.57. The molecule has 1 atom stereocenters. The first kappa shape index (κ1) is 9.47. The predicted octanol–water partition coefficient (Wildman–Crippen LogP) is 1.93. The van der Waals surface area contributed by atoms with Crippen LogP contribution < -0.4 is 5.73 Å². The zero-order chi connectivity index (χ0) is 9.31. The third-order valence-corrected chi connectivity index (χ3v) is 3.91. The lowest BCUT2D eigenvalue weighted by Crippen LogP contribution is -2.48. The van der Waals surface area contributed by atoms with Gasteiger partial charge in [-0.25, -0.2) is 0 Å². The number of hydrogen-bond acceptors (Lipinski definition) is 2. The van der Waals surface area contributed by atoms with Crippen LogP contribution in [0.25, 0.3) is 0 Å². The van der Waals surface area contributed by atoms with E-state index in [1.54, 1.807) is 0 Å². The highest BCUT2D eigenvalue weighted by Gasteiger charge is 2.39. The standard InChI is InChI=1S/C11H21NO/c1-9-2-4-10(5-3-9)11(12)6-7-13-8-11/h9-10H,2-8,12H2,1H3. The quantitative estimate of drug-likeness (QED) is 0.674. The fourth-order valence-electron chi connectivity index (χ4n) is 2.75. The molecule has 2 fully saturated rings. The lowest BCUT2D eigenvalue weighted by Gasteiger charge is -2.37. The zero-order valence-electron chi connectivity index (χ0n) is 8.59. The van der Waals surface area contributed by atoms with Crippen molar-refractivity contribution < 1.29 is 4.74 Å². The summed E-state index contributed by atoms with van der Waals surface area (Å²) in [6.07, 6.45) is 6.45. The summed E-state index contributed by atoms with van der Waals surface area (Å²) in [6, 6.07) is 0. The fourth-order valence-corrected chi connectivity index (χ4v) is 2.75. The monoisotopic (exact) mass is 183 g/mol. The van der Waals surface area contributed by atoms with Gasteiger partial charge in [0.1, 0.15) is 0 Å². The van der Waals surface area contributed by atoms with Crippen LogP contribution in [-0.2, 0) is 4.74 Å². The Kier molecular flexibility index (Phi) is 2.61. The molecule has 1 aliphatic carbocycles. The Balaban J connectivity index is 1.93. The molecule has 1 saturated carbocycles. The molecule has 2 N–H and O–H groups in total. The second-order valence-corrected chi connectivity index (χ2v) is 4.99. The van der Waals surface area contributed by atoms with Gasteiger partial charge in [-0.15, -0.1) is 0 Å². The highest BCUT2D eigenvalue weighted by atomic mass is 16.5. The minimum atomic E-state index is 0.0279. The van der Waals surface area contributed by atoms with Gasteiger partial charge in [0, 0.05) is 12.1 Å². The summed E-state index contributed by atoms with van der Waals surface area (Å²) >= 11 is 0. The van der Waals surface area contributed by atoms with Gasteiger partial charge in [0.05, 0.1) is 6.61 Å². The third-order valence-electron chi connectivity index (χ3n) is 3.91. The molecule has 2 heteroatoms. The molecule has 2 rings (SSSR count). The molecule has 1 saturated heterocycles. The molecule has 0 aromatic carbocycles. The molecule has 2 aliphatic rings. The second-order valence-electron chi connectivity index (χ2n) is 4.99. The maximum atomic E-state index is 6.35. The average molecular weight is 183 g/mol. The van der Waals surface area contributed by atoms with Gasteiger partial charge in [0.25, 0.3) is 0 Å². The van der Waals surface area contributed by atoms with Crippen molar-refractivity contribution >= 4 is 0 Å². The summed E-state index contributed by atoms with van der Waals surface area (Å²) in [5.41, 5.74) is 6.38. The van der Waals surface area contributed by atoms with Crippen molar-refractivity contribution in [2.75, 3.05) is 13.2 Å². The summed E-state index contributed by atoms with van der Waals surface area (Å²) < 4.78 is 5.42. The Hall–Kier alpha value is -0.0800. The summed E-state index contributed by atoms with van der Waals surface area (Å²) in [6.45, 7) is 4.03. The summed E-state index contributed by atoms with van der Waals surface area (Å²) in [7, 11) is 0. The third kappa shape index (κ3) is 1.89. The SMILES string of the molecule is CC1CCC(C2(N)CCOC2)CC1. The molecule has 0 amide bonds. The number of rotatable bonds is 1. The van der Waals surface area contributed by atoms with E-state index in [4.69, 9.17) is 10.5 Å². The molecule has 13 heavy (non-hydrogen) atoms. The van der Waals surface area contributed by atoms with Crippen LogP contribution in [0.1, 0.15) is 39.0 Å². The van der Waals surface area contributed by atoms with Crippen LogP contribution in [-0.4, -0.2) is 18.8 Å². The fraction of sp³-hybridized carbons (Fsp3) is 1.00. The summed E-state index contributed by atoms with van der Waals surface area (Å²) in [5, 5.41) is 0. The Bertz CT molecular complexity index is 167. The van der Waals surface area contributed by atoms with Crippen LogP contribution in [0.4, 0.5) is 0 Å². The van der Waals surface area contributed by atoms with Crippen molar-refractivity contribution in [3.63, 3.8) is 0 Å². The molecule has 1 unspecified atom stereocenters. The lowest BCUT2D eigenvalue weighted by molar-refractivity contribution is 0.132. The van der Waals surface area contributed by atoms with E-state index in [1.807, 2.05) is 0 Å². The van der Waals surface area contributed by atoms with Crippen molar-refractivity contribution in [1.82, 2.24) is 0 Å². The molecule has 0 spiro atoms.